The minimum absolute atomic E-state index is 0.0298. The number of hydrazone groups is 1. The van der Waals surface area contributed by atoms with Gasteiger partial charge in [0.1, 0.15) is 5.15 Å². The number of carbonyl (C=O) groups excluding carboxylic acids is 1. The van der Waals surface area contributed by atoms with Gasteiger partial charge in [0.15, 0.2) is 0 Å². The Balaban J connectivity index is 1.38. The molecule has 1 saturated carbocycles. The van der Waals surface area contributed by atoms with Gasteiger partial charge < -0.3 is 0 Å². The van der Waals surface area contributed by atoms with Crippen LogP contribution in [0.5, 0.6) is 0 Å². The predicted molar refractivity (Wildman–Crippen MR) is 118 cm³/mol. The number of pyridine rings is 1. The Hall–Kier alpha value is -2.72. The van der Waals surface area contributed by atoms with Crippen molar-refractivity contribution in [2.45, 2.75) is 38.5 Å². The molecule has 3 aromatic rings. The summed E-state index contributed by atoms with van der Waals surface area (Å²) >= 11 is 6.23. The average molecular weight is 406 g/mol. The molecule has 0 saturated heterocycles. The van der Waals surface area contributed by atoms with Crippen LogP contribution in [0.4, 0.5) is 0 Å². The van der Waals surface area contributed by atoms with Gasteiger partial charge in [-0.15, -0.1) is 0 Å². The molecule has 1 aliphatic carbocycles. The molecule has 0 spiro atoms. The van der Waals surface area contributed by atoms with Gasteiger partial charge in [0, 0.05) is 16.9 Å². The van der Waals surface area contributed by atoms with Crippen LogP contribution in [0.25, 0.3) is 10.9 Å². The summed E-state index contributed by atoms with van der Waals surface area (Å²) in [5, 5.41) is 5.44. The molecule has 0 radical (unpaired) electrons. The summed E-state index contributed by atoms with van der Waals surface area (Å²) in [5.41, 5.74) is 6.80. The second kappa shape index (κ2) is 7.60. The number of amides is 1. The van der Waals surface area contributed by atoms with Gasteiger partial charge in [-0.2, -0.15) is 5.10 Å². The Morgan fingerprint density at radius 3 is 2.62 bits per heavy atom. The average Bonchev–Trinajstić information content (AvgIpc) is 3.49. The fourth-order valence-electron chi connectivity index (χ4n) is 3.53. The molecule has 0 bridgehead atoms. The molecule has 1 N–H and O–H groups in total. The summed E-state index contributed by atoms with van der Waals surface area (Å²) in [6.07, 6.45) is 2.41. The van der Waals surface area contributed by atoms with Gasteiger partial charge >= 0.3 is 0 Å². The largest absolute Gasteiger partial charge is 0.273 e. The lowest BCUT2D eigenvalue weighted by Gasteiger charge is -2.19. The number of benzene rings is 2. The van der Waals surface area contributed by atoms with Gasteiger partial charge in [-0.05, 0) is 41.0 Å². The molecule has 5 heteroatoms. The molecule has 29 heavy (non-hydrogen) atoms. The molecule has 148 valence electrons. The van der Waals surface area contributed by atoms with Crippen molar-refractivity contribution in [1.29, 1.82) is 0 Å². The number of aromatic nitrogens is 1. The second-order valence-corrected chi connectivity index (χ2v) is 8.97. The van der Waals surface area contributed by atoms with Crippen molar-refractivity contribution in [3.63, 3.8) is 0 Å². The van der Waals surface area contributed by atoms with E-state index in [-0.39, 0.29) is 23.2 Å². The molecule has 0 unspecified atom stereocenters. The van der Waals surface area contributed by atoms with Gasteiger partial charge in [-0.3, -0.25) is 4.79 Å². The normalized spacial score (nSPS) is 18.9. The maximum Gasteiger partial charge on any atom is 0.243 e. The maximum atomic E-state index is 12.4. The quantitative estimate of drug-likeness (QED) is 0.357. The standard InChI is InChI=1S/C24H24ClN3O/c1-24(2,3)18-10-8-15(9-11-18)19-13-20(19)23(29)28-26-14-17-12-16-6-4-5-7-21(16)27-22(17)25/h4-12,14,19-20H,13H2,1-3H3,(H,28,29)/b26-14+/t19-,20-/m0/s1. The molecular formula is C24H24ClN3O. The molecule has 1 aliphatic rings. The first-order valence-corrected chi connectivity index (χ1v) is 10.2. The monoisotopic (exact) mass is 405 g/mol. The SMILES string of the molecule is CC(C)(C)c1ccc([C@@H]2C[C@@H]2C(=O)N/N=C/c2cc3ccccc3nc2Cl)cc1. The molecule has 4 nitrogen and oxygen atoms in total. The molecule has 1 aromatic heterocycles. The van der Waals surface area contributed by atoms with Gasteiger partial charge in [-0.1, -0.05) is 74.8 Å². The van der Waals surface area contributed by atoms with E-state index >= 15 is 0 Å². The van der Waals surface area contributed by atoms with E-state index in [1.807, 2.05) is 30.3 Å². The molecule has 2 aromatic carbocycles. The minimum Gasteiger partial charge on any atom is -0.273 e. The number of fused-ring (bicyclic) bond motifs is 1. The fraction of sp³-hybridized carbons (Fsp3) is 0.292. The zero-order valence-corrected chi connectivity index (χ0v) is 17.6. The van der Waals surface area contributed by atoms with Crippen LogP contribution in [0.1, 0.15) is 49.8 Å². The third-order valence-corrected chi connectivity index (χ3v) is 5.72. The lowest BCUT2D eigenvalue weighted by atomic mass is 9.86. The Morgan fingerprint density at radius 2 is 1.90 bits per heavy atom. The van der Waals surface area contributed by atoms with E-state index in [9.17, 15) is 4.79 Å². The third kappa shape index (κ3) is 4.33. The molecule has 1 amide bonds. The highest BCUT2D eigenvalue weighted by atomic mass is 35.5. The van der Waals surface area contributed by atoms with Crippen molar-refractivity contribution in [3.05, 3.63) is 76.4 Å². The van der Waals surface area contributed by atoms with Crippen LogP contribution in [0.15, 0.2) is 59.7 Å². The van der Waals surface area contributed by atoms with E-state index in [1.165, 1.54) is 11.1 Å². The molecule has 1 fully saturated rings. The van der Waals surface area contributed by atoms with Crippen molar-refractivity contribution >= 4 is 34.6 Å². The van der Waals surface area contributed by atoms with E-state index in [0.29, 0.717) is 10.7 Å². The Labute approximate surface area is 176 Å². The van der Waals surface area contributed by atoms with Crippen LogP contribution >= 0.6 is 11.6 Å². The number of nitrogens with one attached hydrogen (secondary N) is 1. The van der Waals surface area contributed by atoms with Crippen LogP contribution in [-0.4, -0.2) is 17.1 Å². The summed E-state index contributed by atoms with van der Waals surface area (Å²) in [4.78, 5) is 16.8. The number of para-hydroxylation sites is 1. The highest BCUT2D eigenvalue weighted by molar-refractivity contribution is 6.32. The zero-order valence-electron chi connectivity index (χ0n) is 16.8. The smallest absolute Gasteiger partial charge is 0.243 e. The van der Waals surface area contributed by atoms with E-state index < -0.39 is 0 Å². The van der Waals surface area contributed by atoms with Gasteiger partial charge in [-0.25, -0.2) is 10.4 Å². The van der Waals surface area contributed by atoms with Crippen molar-refractivity contribution in [1.82, 2.24) is 10.4 Å². The molecule has 2 atom stereocenters. The Kier molecular flexibility index (Phi) is 5.13. The van der Waals surface area contributed by atoms with Crippen LogP contribution < -0.4 is 5.43 Å². The molecule has 1 heterocycles. The predicted octanol–water partition coefficient (Wildman–Crippen LogP) is 5.44. The Morgan fingerprint density at radius 1 is 1.17 bits per heavy atom. The van der Waals surface area contributed by atoms with Crippen LogP contribution in [0.3, 0.4) is 0 Å². The van der Waals surface area contributed by atoms with E-state index in [1.54, 1.807) is 6.21 Å². The second-order valence-electron chi connectivity index (χ2n) is 8.62. The number of carbonyl (C=O) groups is 1. The van der Waals surface area contributed by atoms with Crippen LogP contribution in [-0.2, 0) is 10.2 Å². The number of halogens is 1. The highest BCUT2D eigenvalue weighted by Crippen LogP contribution is 2.47. The van der Waals surface area contributed by atoms with E-state index in [4.69, 9.17) is 11.6 Å². The van der Waals surface area contributed by atoms with Gasteiger partial charge in [0.25, 0.3) is 0 Å². The molecule has 4 rings (SSSR count). The van der Waals surface area contributed by atoms with E-state index in [2.05, 4.69) is 60.5 Å². The summed E-state index contributed by atoms with van der Waals surface area (Å²) in [6, 6.07) is 18.3. The number of hydrogen-bond donors (Lipinski definition) is 1. The Bertz CT molecular complexity index is 1080. The van der Waals surface area contributed by atoms with Gasteiger partial charge in [0.05, 0.1) is 11.7 Å². The molecular weight excluding hydrogens is 382 g/mol. The third-order valence-electron chi connectivity index (χ3n) is 5.42. The van der Waals surface area contributed by atoms with Crippen molar-refractivity contribution in [2.24, 2.45) is 11.0 Å². The van der Waals surface area contributed by atoms with Crippen molar-refractivity contribution < 1.29 is 4.79 Å². The summed E-state index contributed by atoms with van der Waals surface area (Å²) < 4.78 is 0. The highest BCUT2D eigenvalue weighted by Gasteiger charge is 2.44. The lowest BCUT2D eigenvalue weighted by molar-refractivity contribution is -0.122. The maximum absolute atomic E-state index is 12.4. The van der Waals surface area contributed by atoms with Crippen LogP contribution in [0.2, 0.25) is 5.15 Å². The fourth-order valence-corrected chi connectivity index (χ4v) is 3.73. The number of hydrogen-bond acceptors (Lipinski definition) is 3. The topological polar surface area (TPSA) is 54.4 Å². The first kappa shape index (κ1) is 19.6. The minimum atomic E-state index is -0.0592. The van der Waals surface area contributed by atoms with Gasteiger partial charge in [0.2, 0.25) is 5.91 Å². The first-order valence-electron chi connectivity index (χ1n) is 9.81. The van der Waals surface area contributed by atoms with Crippen molar-refractivity contribution in [3.8, 4) is 0 Å². The summed E-state index contributed by atoms with van der Waals surface area (Å²) in [6.45, 7) is 6.60. The first-order chi connectivity index (χ1) is 13.8. The number of nitrogens with zero attached hydrogens (tertiary/aromatic N) is 2. The summed E-state index contributed by atoms with van der Waals surface area (Å²) in [5.74, 6) is 0.180. The van der Waals surface area contributed by atoms with Crippen molar-refractivity contribution in [2.75, 3.05) is 0 Å². The van der Waals surface area contributed by atoms with E-state index in [0.717, 1.165) is 17.3 Å². The lowest BCUT2D eigenvalue weighted by Crippen LogP contribution is -2.20. The summed E-state index contributed by atoms with van der Waals surface area (Å²) in [7, 11) is 0. The van der Waals surface area contributed by atoms with Crippen LogP contribution in [0, 0.1) is 5.92 Å². The molecule has 0 aliphatic heterocycles. The zero-order chi connectivity index (χ0) is 20.6. The number of rotatable bonds is 4.